The second kappa shape index (κ2) is 6.45. The van der Waals surface area contributed by atoms with Crippen molar-refractivity contribution in [3.05, 3.63) is 57.8 Å². The van der Waals surface area contributed by atoms with Crippen molar-refractivity contribution < 1.29 is 14.8 Å². The molecule has 0 aliphatic carbocycles. The summed E-state index contributed by atoms with van der Waals surface area (Å²) in [6.07, 6.45) is 0.411. The van der Waals surface area contributed by atoms with E-state index in [4.69, 9.17) is 15.1 Å². The fourth-order valence-electron chi connectivity index (χ4n) is 1.76. The summed E-state index contributed by atoms with van der Waals surface area (Å²) in [5.74, 6) is 0.569. The van der Waals surface area contributed by atoms with Gasteiger partial charge in [0, 0.05) is 18.7 Å². The second-order valence-corrected chi connectivity index (χ2v) is 4.07. The normalized spacial score (nSPS) is 9.90. The van der Waals surface area contributed by atoms with E-state index in [1.165, 1.54) is 12.1 Å². The second-order valence-electron chi connectivity index (χ2n) is 4.07. The van der Waals surface area contributed by atoms with Crippen molar-refractivity contribution in [3.8, 4) is 17.7 Å². The van der Waals surface area contributed by atoms with Crippen LogP contribution in [0, 0.1) is 21.4 Å². The third-order valence-electron chi connectivity index (χ3n) is 2.72. The molecule has 21 heavy (non-hydrogen) atoms. The quantitative estimate of drug-likeness (QED) is 0.666. The third-order valence-corrected chi connectivity index (χ3v) is 2.72. The van der Waals surface area contributed by atoms with Crippen LogP contribution in [-0.2, 0) is 6.42 Å². The number of rotatable bonds is 5. The van der Waals surface area contributed by atoms with Gasteiger partial charge in [0.1, 0.15) is 11.8 Å². The first-order chi connectivity index (χ1) is 10.2. The molecule has 2 aromatic rings. The van der Waals surface area contributed by atoms with Crippen molar-refractivity contribution in [2.75, 3.05) is 6.61 Å². The van der Waals surface area contributed by atoms with E-state index < -0.39 is 4.92 Å². The number of nitriles is 1. The smallest absolute Gasteiger partial charge is 0.305 e. The lowest BCUT2D eigenvalue weighted by Crippen LogP contribution is -1.99. The first-order valence-corrected chi connectivity index (χ1v) is 6.08. The van der Waals surface area contributed by atoms with Crippen LogP contribution in [0.2, 0.25) is 0 Å². The Hall–Kier alpha value is -2.98. The minimum atomic E-state index is -0.672. The highest BCUT2D eigenvalue weighted by atomic mass is 16.6. The number of aromatic nitrogens is 1. The maximum Gasteiger partial charge on any atom is 0.305 e. The molecule has 0 fully saturated rings. The van der Waals surface area contributed by atoms with Crippen LogP contribution in [-0.4, -0.2) is 21.6 Å². The lowest BCUT2D eigenvalue weighted by Gasteiger charge is -2.09. The van der Waals surface area contributed by atoms with Gasteiger partial charge in [0.15, 0.2) is 0 Å². The summed E-state index contributed by atoms with van der Waals surface area (Å²) in [7, 11) is 0. The van der Waals surface area contributed by atoms with Crippen LogP contribution in [0.4, 0.5) is 5.69 Å². The number of nitro groups is 1. The molecule has 0 amide bonds. The van der Waals surface area contributed by atoms with E-state index in [0.717, 1.165) is 5.56 Å². The van der Waals surface area contributed by atoms with Crippen molar-refractivity contribution in [1.29, 1.82) is 5.26 Å². The Balaban J connectivity index is 2.33. The molecule has 0 spiro atoms. The monoisotopic (exact) mass is 285 g/mol. The Morgan fingerprint density at radius 3 is 2.76 bits per heavy atom. The minimum Gasteiger partial charge on any atom is -0.439 e. The highest BCUT2D eigenvalue weighted by Gasteiger charge is 2.16. The molecule has 0 aliphatic rings. The number of benzene rings is 1. The van der Waals surface area contributed by atoms with Crippen LogP contribution in [0.1, 0.15) is 11.3 Å². The van der Waals surface area contributed by atoms with Gasteiger partial charge in [-0.25, -0.2) is 0 Å². The number of para-hydroxylation sites is 1. The molecular weight excluding hydrogens is 274 g/mol. The molecule has 106 valence electrons. The van der Waals surface area contributed by atoms with E-state index in [0.29, 0.717) is 12.2 Å². The number of hydrogen-bond donors (Lipinski definition) is 1. The van der Waals surface area contributed by atoms with Gasteiger partial charge >= 0.3 is 5.69 Å². The van der Waals surface area contributed by atoms with Gasteiger partial charge in [-0.1, -0.05) is 18.2 Å². The summed E-state index contributed by atoms with van der Waals surface area (Å²) in [4.78, 5) is 13.9. The van der Waals surface area contributed by atoms with Crippen LogP contribution in [0.15, 0.2) is 36.4 Å². The fourth-order valence-corrected chi connectivity index (χ4v) is 1.76. The highest BCUT2D eigenvalue weighted by molar-refractivity contribution is 5.46. The predicted molar refractivity (Wildman–Crippen MR) is 72.9 cm³/mol. The van der Waals surface area contributed by atoms with Crippen molar-refractivity contribution in [2.24, 2.45) is 0 Å². The van der Waals surface area contributed by atoms with Gasteiger partial charge in [0.2, 0.25) is 11.6 Å². The third kappa shape index (κ3) is 3.32. The van der Waals surface area contributed by atoms with Crippen LogP contribution >= 0.6 is 0 Å². The number of nitrogens with zero attached hydrogens (tertiary/aromatic N) is 3. The number of aliphatic hydroxyl groups excluding tert-OH is 1. The van der Waals surface area contributed by atoms with Gasteiger partial charge < -0.3 is 9.84 Å². The molecule has 7 nitrogen and oxygen atoms in total. The lowest BCUT2D eigenvalue weighted by atomic mass is 10.1. The lowest BCUT2D eigenvalue weighted by molar-refractivity contribution is -0.385. The first-order valence-electron chi connectivity index (χ1n) is 6.08. The molecule has 0 bridgehead atoms. The Bertz CT molecular complexity index is 710. The van der Waals surface area contributed by atoms with Crippen molar-refractivity contribution in [1.82, 2.24) is 4.98 Å². The van der Waals surface area contributed by atoms with Gasteiger partial charge in [0.25, 0.3) is 0 Å². The standard InChI is InChI=1S/C14H11N3O4/c15-9-11-12(17(19)20)5-6-14(16-11)21-13-4-2-1-3-10(13)7-8-18/h1-6,18H,7-8H2. The van der Waals surface area contributed by atoms with Crippen LogP contribution in [0.5, 0.6) is 11.6 Å². The average molecular weight is 285 g/mol. The average Bonchev–Trinajstić information content (AvgIpc) is 2.49. The fraction of sp³-hybridized carbons (Fsp3) is 0.143. The maximum atomic E-state index is 10.7. The number of aliphatic hydroxyl groups is 1. The van der Waals surface area contributed by atoms with E-state index in [9.17, 15) is 10.1 Å². The molecule has 1 N–H and O–H groups in total. The Morgan fingerprint density at radius 1 is 1.33 bits per heavy atom. The number of hydrogen-bond acceptors (Lipinski definition) is 6. The van der Waals surface area contributed by atoms with Gasteiger partial charge in [-0.05, 0) is 18.1 Å². The van der Waals surface area contributed by atoms with E-state index in [1.807, 2.05) is 6.07 Å². The molecule has 1 aromatic heterocycles. The highest BCUT2D eigenvalue weighted by Crippen LogP contribution is 2.26. The maximum absolute atomic E-state index is 10.7. The summed E-state index contributed by atoms with van der Waals surface area (Å²) >= 11 is 0. The largest absolute Gasteiger partial charge is 0.439 e. The zero-order valence-corrected chi connectivity index (χ0v) is 10.9. The summed E-state index contributed by atoms with van der Waals surface area (Å²) in [6.45, 7) is -0.0302. The van der Waals surface area contributed by atoms with E-state index in [1.54, 1.807) is 24.3 Å². The molecule has 1 heterocycles. The first kappa shape index (κ1) is 14.4. The van der Waals surface area contributed by atoms with Gasteiger partial charge in [-0.15, -0.1) is 0 Å². The van der Waals surface area contributed by atoms with Crippen LogP contribution < -0.4 is 4.74 Å². The zero-order valence-electron chi connectivity index (χ0n) is 10.9. The van der Waals surface area contributed by atoms with E-state index >= 15 is 0 Å². The Labute approximate surface area is 120 Å². The minimum absolute atomic E-state index is 0.0302. The van der Waals surface area contributed by atoms with Crippen molar-refractivity contribution >= 4 is 5.69 Å². The molecule has 0 unspecified atom stereocenters. The van der Waals surface area contributed by atoms with Crippen molar-refractivity contribution in [2.45, 2.75) is 6.42 Å². The number of pyridine rings is 1. The SMILES string of the molecule is N#Cc1nc(Oc2ccccc2CCO)ccc1[N+](=O)[O-]. The zero-order chi connectivity index (χ0) is 15.2. The molecule has 0 saturated carbocycles. The Kier molecular flexibility index (Phi) is 4.43. The molecule has 0 saturated heterocycles. The summed E-state index contributed by atoms with van der Waals surface area (Å²) in [5, 5.41) is 28.6. The number of ether oxygens (including phenoxy) is 1. The summed E-state index contributed by atoms with van der Waals surface area (Å²) in [5.41, 5.74) is 0.101. The van der Waals surface area contributed by atoms with Crippen molar-refractivity contribution in [3.63, 3.8) is 0 Å². The van der Waals surface area contributed by atoms with Gasteiger partial charge in [-0.3, -0.25) is 10.1 Å². The molecule has 0 aliphatic heterocycles. The Morgan fingerprint density at radius 2 is 2.10 bits per heavy atom. The van der Waals surface area contributed by atoms with Crippen LogP contribution in [0.25, 0.3) is 0 Å². The van der Waals surface area contributed by atoms with Gasteiger partial charge in [0.05, 0.1) is 4.92 Å². The molecule has 1 aromatic carbocycles. The van der Waals surface area contributed by atoms with Gasteiger partial charge in [-0.2, -0.15) is 10.2 Å². The van der Waals surface area contributed by atoms with Crippen LogP contribution in [0.3, 0.4) is 0 Å². The summed E-state index contributed by atoms with van der Waals surface area (Å²) < 4.78 is 5.54. The predicted octanol–water partition coefficient (Wildman–Crippen LogP) is 2.19. The molecule has 0 radical (unpaired) electrons. The molecule has 0 atom stereocenters. The van der Waals surface area contributed by atoms with E-state index in [2.05, 4.69) is 4.98 Å². The molecular formula is C14H11N3O4. The summed E-state index contributed by atoms with van der Waals surface area (Å²) in [6, 6.07) is 11.2. The molecule has 7 heteroatoms. The topological polar surface area (TPSA) is 109 Å². The molecule has 2 rings (SSSR count). The van der Waals surface area contributed by atoms with E-state index in [-0.39, 0.29) is 23.9 Å².